The summed E-state index contributed by atoms with van der Waals surface area (Å²) in [6.07, 6.45) is -0.0602. The molecule has 1 N–H and O–H groups in total. The standard InChI is InChI=1S/C15H12F4O/c1-15(20,8-9-2-4-10(16)5-3-9)11-6-7-12(17)14(19)13(11)18/h2-7,20H,8H2,1H3. The predicted octanol–water partition coefficient (Wildman–Crippen LogP) is 3.69. The van der Waals surface area contributed by atoms with Crippen molar-refractivity contribution in [3.63, 3.8) is 0 Å². The molecule has 0 aliphatic rings. The Hall–Kier alpha value is -1.88. The number of benzene rings is 2. The van der Waals surface area contributed by atoms with E-state index in [1.807, 2.05) is 0 Å². The summed E-state index contributed by atoms with van der Waals surface area (Å²) in [5.74, 6) is -4.80. The first-order chi connectivity index (χ1) is 9.31. The molecule has 0 fully saturated rings. The molecule has 2 rings (SSSR count). The molecule has 0 radical (unpaired) electrons. The van der Waals surface area contributed by atoms with Gasteiger partial charge in [0.25, 0.3) is 0 Å². The van der Waals surface area contributed by atoms with E-state index in [9.17, 15) is 22.7 Å². The summed E-state index contributed by atoms with van der Waals surface area (Å²) < 4.78 is 52.6. The van der Waals surface area contributed by atoms with Gasteiger partial charge in [-0.1, -0.05) is 18.2 Å². The highest BCUT2D eigenvalue weighted by Crippen LogP contribution is 2.29. The lowest BCUT2D eigenvalue weighted by Gasteiger charge is -2.24. The lowest BCUT2D eigenvalue weighted by molar-refractivity contribution is 0.0528. The molecule has 0 aliphatic heterocycles. The molecule has 1 atom stereocenters. The molecular weight excluding hydrogens is 272 g/mol. The van der Waals surface area contributed by atoms with Crippen molar-refractivity contribution in [3.05, 3.63) is 70.8 Å². The molecule has 1 nitrogen and oxygen atoms in total. The van der Waals surface area contributed by atoms with E-state index >= 15 is 0 Å². The largest absolute Gasteiger partial charge is 0.385 e. The molecule has 0 saturated carbocycles. The van der Waals surface area contributed by atoms with E-state index in [1.165, 1.54) is 31.2 Å². The number of aliphatic hydroxyl groups is 1. The molecule has 0 aromatic heterocycles. The van der Waals surface area contributed by atoms with Gasteiger partial charge in [0, 0.05) is 12.0 Å². The van der Waals surface area contributed by atoms with Crippen molar-refractivity contribution in [1.82, 2.24) is 0 Å². The van der Waals surface area contributed by atoms with Gasteiger partial charge in [-0.05, 0) is 30.7 Å². The van der Waals surface area contributed by atoms with Crippen LogP contribution in [0.2, 0.25) is 0 Å². The topological polar surface area (TPSA) is 20.2 Å². The minimum absolute atomic E-state index is 0.0602. The summed E-state index contributed by atoms with van der Waals surface area (Å²) in [6.45, 7) is 1.28. The van der Waals surface area contributed by atoms with Gasteiger partial charge < -0.3 is 5.11 Å². The first-order valence-corrected chi connectivity index (χ1v) is 5.92. The first-order valence-electron chi connectivity index (χ1n) is 5.92. The van der Waals surface area contributed by atoms with Crippen LogP contribution in [0.15, 0.2) is 36.4 Å². The quantitative estimate of drug-likeness (QED) is 0.673. The Kier molecular flexibility index (Phi) is 3.81. The van der Waals surface area contributed by atoms with E-state index in [-0.39, 0.29) is 12.0 Å². The lowest BCUT2D eigenvalue weighted by atomic mass is 9.88. The molecule has 2 aromatic carbocycles. The molecule has 106 valence electrons. The van der Waals surface area contributed by atoms with Crippen LogP contribution >= 0.6 is 0 Å². The van der Waals surface area contributed by atoms with Gasteiger partial charge in [-0.25, -0.2) is 17.6 Å². The SMILES string of the molecule is CC(O)(Cc1ccc(F)cc1)c1ccc(F)c(F)c1F. The summed E-state index contributed by atoms with van der Waals surface area (Å²) in [5, 5.41) is 10.3. The average molecular weight is 284 g/mol. The molecule has 5 heteroatoms. The Morgan fingerprint density at radius 1 is 0.900 bits per heavy atom. The van der Waals surface area contributed by atoms with E-state index in [4.69, 9.17) is 0 Å². The molecule has 0 spiro atoms. The fourth-order valence-corrected chi connectivity index (χ4v) is 2.04. The molecule has 0 amide bonds. The fourth-order valence-electron chi connectivity index (χ4n) is 2.04. The zero-order valence-electron chi connectivity index (χ0n) is 10.6. The van der Waals surface area contributed by atoms with Crippen LogP contribution in [-0.4, -0.2) is 5.11 Å². The zero-order chi connectivity index (χ0) is 14.9. The van der Waals surface area contributed by atoms with Gasteiger partial charge >= 0.3 is 0 Å². The molecular formula is C15H12F4O. The van der Waals surface area contributed by atoms with Crippen LogP contribution < -0.4 is 0 Å². The van der Waals surface area contributed by atoms with E-state index in [0.717, 1.165) is 12.1 Å². The molecule has 2 aromatic rings. The van der Waals surface area contributed by atoms with E-state index < -0.39 is 28.9 Å². The second-order valence-electron chi connectivity index (χ2n) is 4.80. The van der Waals surface area contributed by atoms with Gasteiger partial charge in [0.1, 0.15) is 5.82 Å². The summed E-state index contributed by atoms with van der Waals surface area (Å²) in [4.78, 5) is 0. The normalized spacial score (nSPS) is 14.1. The number of halogens is 4. The summed E-state index contributed by atoms with van der Waals surface area (Å²) in [5.41, 5.74) is -1.54. The fraction of sp³-hybridized carbons (Fsp3) is 0.200. The van der Waals surface area contributed by atoms with Crippen molar-refractivity contribution in [2.24, 2.45) is 0 Å². The van der Waals surface area contributed by atoms with Crippen LogP contribution in [0.25, 0.3) is 0 Å². The molecule has 0 saturated heterocycles. The maximum Gasteiger partial charge on any atom is 0.194 e. The van der Waals surface area contributed by atoms with Gasteiger partial charge in [-0.2, -0.15) is 0 Å². The Bertz CT molecular complexity index is 621. The van der Waals surface area contributed by atoms with Crippen molar-refractivity contribution in [1.29, 1.82) is 0 Å². The molecule has 0 heterocycles. The Morgan fingerprint density at radius 3 is 2.10 bits per heavy atom. The lowest BCUT2D eigenvalue weighted by Crippen LogP contribution is -2.26. The molecule has 20 heavy (non-hydrogen) atoms. The second-order valence-corrected chi connectivity index (χ2v) is 4.80. The number of hydrogen-bond acceptors (Lipinski definition) is 1. The number of hydrogen-bond donors (Lipinski definition) is 1. The monoisotopic (exact) mass is 284 g/mol. The molecule has 0 bridgehead atoms. The minimum atomic E-state index is -1.74. The Balaban J connectivity index is 2.35. The van der Waals surface area contributed by atoms with E-state index in [2.05, 4.69) is 0 Å². The molecule has 0 aliphatic carbocycles. The Morgan fingerprint density at radius 2 is 1.50 bits per heavy atom. The predicted molar refractivity (Wildman–Crippen MR) is 66.0 cm³/mol. The highest BCUT2D eigenvalue weighted by Gasteiger charge is 2.29. The summed E-state index contributed by atoms with van der Waals surface area (Å²) in [6, 6.07) is 7.02. The zero-order valence-corrected chi connectivity index (χ0v) is 10.6. The highest BCUT2D eigenvalue weighted by molar-refractivity contribution is 5.29. The maximum atomic E-state index is 13.7. The van der Waals surface area contributed by atoms with Crippen molar-refractivity contribution < 1.29 is 22.7 Å². The average Bonchev–Trinajstić information content (AvgIpc) is 2.38. The molecule has 1 unspecified atom stereocenters. The van der Waals surface area contributed by atoms with Gasteiger partial charge in [0.15, 0.2) is 17.5 Å². The van der Waals surface area contributed by atoms with Crippen LogP contribution in [-0.2, 0) is 12.0 Å². The first kappa shape index (κ1) is 14.5. The summed E-state index contributed by atoms with van der Waals surface area (Å²) in [7, 11) is 0. The third-order valence-electron chi connectivity index (χ3n) is 3.08. The van der Waals surface area contributed by atoms with Gasteiger partial charge in [0.05, 0.1) is 5.60 Å². The van der Waals surface area contributed by atoms with Crippen LogP contribution in [0.5, 0.6) is 0 Å². The van der Waals surface area contributed by atoms with Gasteiger partial charge in [-0.15, -0.1) is 0 Å². The third-order valence-corrected chi connectivity index (χ3v) is 3.08. The van der Waals surface area contributed by atoms with Crippen LogP contribution in [0, 0.1) is 23.3 Å². The van der Waals surface area contributed by atoms with Crippen molar-refractivity contribution in [3.8, 4) is 0 Å². The minimum Gasteiger partial charge on any atom is -0.385 e. The van der Waals surface area contributed by atoms with E-state index in [0.29, 0.717) is 5.56 Å². The van der Waals surface area contributed by atoms with Crippen LogP contribution in [0.1, 0.15) is 18.1 Å². The van der Waals surface area contributed by atoms with Crippen molar-refractivity contribution in [2.75, 3.05) is 0 Å². The van der Waals surface area contributed by atoms with Crippen molar-refractivity contribution >= 4 is 0 Å². The van der Waals surface area contributed by atoms with E-state index in [1.54, 1.807) is 0 Å². The number of rotatable bonds is 3. The maximum absolute atomic E-state index is 13.7. The second kappa shape index (κ2) is 5.25. The van der Waals surface area contributed by atoms with Crippen LogP contribution in [0.3, 0.4) is 0 Å². The Labute approximate surface area is 113 Å². The van der Waals surface area contributed by atoms with Crippen molar-refractivity contribution in [2.45, 2.75) is 18.9 Å². The van der Waals surface area contributed by atoms with Crippen LogP contribution in [0.4, 0.5) is 17.6 Å². The smallest absolute Gasteiger partial charge is 0.194 e. The van der Waals surface area contributed by atoms with Gasteiger partial charge in [0.2, 0.25) is 0 Å². The third kappa shape index (κ3) is 2.82. The highest BCUT2D eigenvalue weighted by atomic mass is 19.2. The van der Waals surface area contributed by atoms with Gasteiger partial charge in [-0.3, -0.25) is 0 Å². The summed E-state index contributed by atoms with van der Waals surface area (Å²) >= 11 is 0.